The van der Waals surface area contributed by atoms with Gasteiger partial charge in [-0.25, -0.2) is 0 Å². The van der Waals surface area contributed by atoms with E-state index in [1.165, 1.54) is 0 Å². The first-order valence-corrected chi connectivity index (χ1v) is 3.88. The fourth-order valence-electron chi connectivity index (χ4n) is 0. The van der Waals surface area contributed by atoms with Crippen LogP contribution in [-0.2, 0) is 7.37 Å². The molecule has 0 fully saturated rings. The zero-order valence-electron chi connectivity index (χ0n) is 3.44. The van der Waals surface area contributed by atoms with Crippen LogP contribution in [0.15, 0.2) is 0 Å². The van der Waals surface area contributed by atoms with Gasteiger partial charge in [0, 0.05) is 0 Å². The van der Waals surface area contributed by atoms with Gasteiger partial charge in [-0.05, 0) is 0 Å². The van der Waals surface area contributed by atoms with Crippen LogP contribution >= 0.6 is 7.82 Å². The number of phosphoric acid groups is 1. The van der Waals surface area contributed by atoms with Gasteiger partial charge in [-0.15, -0.1) is 0 Å². The van der Waals surface area contributed by atoms with Crippen LogP contribution in [0.25, 0.3) is 0 Å². The summed E-state index contributed by atoms with van der Waals surface area (Å²) in [6, 6.07) is 0. The second kappa shape index (κ2) is 4.59. The molecule has 0 amide bonds. The van der Waals surface area contributed by atoms with E-state index in [9.17, 15) is 4.57 Å². The van der Waals surface area contributed by atoms with Crippen molar-refractivity contribution in [1.82, 2.24) is 0 Å². The quantitative estimate of drug-likeness (QED) is 0.417. The third kappa shape index (κ3) is 11.3. The van der Waals surface area contributed by atoms with Gasteiger partial charge in [0.15, 0.2) is 0 Å². The van der Waals surface area contributed by atoms with Gasteiger partial charge in [-0.3, -0.25) is 0 Å². The monoisotopic (exact) mass is 342 g/mol. The van der Waals surface area contributed by atoms with E-state index in [-0.39, 0.29) is 47.3 Å². The maximum atomic E-state index is 9.50. The van der Waals surface area contributed by atoms with Crippen LogP contribution < -0.4 is 0 Å². The SMILES string of the molecule is O=P(O)(O)[O][SbH2].[SnH2]. The van der Waals surface area contributed by atoms with Crippen molar-refractivity contribution in [1.29, 1.82) is 0 Å². The van der Waals surface area contributed by atoms with E-state index in [4.69, 9.17) is 9.79 Å². The normalized spacial score (nSPS) is 10.1. The molecule has 44 valence electrons. The van der Waals surface area contributed by atoms with E-state index in [0.29, 0.717) is 0 Å². The van der Waals surface area contributed by atoms with Gasteiger partial charge in [0.05, 0.1) is 0 Å². The first-order chi connectivity index (χ1) is 2.56. The molecule has 0 heterocycles. The molecule has 0 aliphatic carbocycles. The van der Waals surface area contributed by atoms with Crippen LogP contribution in [0.4, 0.5) is 0 Å². The summed E-state index contributed by atoms with van der Waals surface area (Å²) in [5.41, 5.74) is 0. The Bertz CT molecular complexity index is 75.8. The van der Waals surface area contributed by atoms with Crippen LogP contribution in [0.2, 0.25) is 0 Å². The van der Waals surface area contributed by atoms with Crippen molar-refractivity contribution in [2.75, 3.05) is 0 Å². The van der Waals surface area contributed by atoms with Crippen molar-refractivity contribution in [2.45, 2.75) is 0 Å². The average molecular weight is 341 g/mol. The molecule has 0 unspecified atom stereocenters. The third-order valence-electron chi connectivity index (χ3n) is 0.137. The number of hydrogen-bond acceptors (Lipinski definition) is 2. The molecule has 0 saturated carbocycles. The second-order valence-electron chi connectivity index (χ2n) is 0.596. The Labute approximate surface area is 71.9 Å². The standard InChI is InChI=1S/H3O4P.Sb.Sn.4H/c1-5(2,3)4;;;;;;/h(H3,1,2,3,4);;;;;;/q;+1;;;;;/p-1. The molecular formula is H6O4PSbSn. The summed E-state index contributed by atoms with van der Waals surface area (Å²) >= 11 is 0.140. The van der Waals surface area contributed by atoms with Gasteiger partial charge in [0.25, 0.3) is 0 Å². The molecule has 0 aliphatic rings. The Morgan fingerprint density at radius 2 is 1.71 bits per heavy atom. The van der Waals surface area contributed by atoms with Gasteiger partial charge >= 0.3 is 72.3 Å². The van der Waals surface area contributed by atoms with Crippen molar-refractivity contribution in [3.05, 3.63) is 0 Å². The molecule has 0 rings (SSSR count). The van der Waals surface area contributed by atoms with Crippen molar-refractivity contribution in [3.63, 3.8) is 0 Å². The second-order valence-corrected chi connectivity index (χ2v) is 3.59. The molecule has 0 saturated heterocycles. The first-order valence-electron chi connectivity index (χ1n) is 1.00. The van der Waals surface area contributed by atoms with Gasteiger partial charge in [-0.2, -0.15) is 0 Å². The van der Waals surface area contributed by atoms with Gasteiger partial charge in [0.1, 0.15) is 0 Å². The molecular weight excluding hydrogens is 335 g/mol. The van der Waals surface area contributed by atoms with Gasteiger partial charge in [-0.1, -0.05) is 0 Å². The molecule has 0 aromatic heterocycles. The zero-order chi connectivity index (χ0) is 5.21. The Hall–Kier alpha value is 1.73. The molecule has 2 radical (unpaired) electrons. The fourth-order valence-corrected chi connectivity index (χ4v) is 0. The molecule has 4 nitrogen and oxygen atoms in total. The Morgan fingerprint density at radius 1 is 1.57 bits per heavy atom. The van der Waals surface area contributed by atoms with E-state index in [1.807, 2.05) is 0 Å². The van der Waals surface area contributed by atoms with E-state index in [0.717, 1.165) is 0 Å². The topological polar surface area (TPSA) is 66.8 Å². The molecule has 0 bridgehead atoms. The van der Waals surface area contributed by atoms with E-state index in [2.05, 4.69) is 2.80 Å². The summed E-state index contributed by atoms with van der Waals surface area (Å²) < 4.78 is 13.2. The summed E-state index contributed by atoms with van der Waals surface area (Å²) in [5.74, 6) is 0. The van der Waals surface area contributed by atoms with Crippen molar-refractivity contribution < 1.29 is 17.2 Å². The summed E-state index contributed by atoms with van der Waals surface area (Å²) in [7, 11) is -4.09. The van der Waals surface area contributed by atoms with Crippen LogP contribution in [0.1, 0.15) is 0 Å². The fraction of sp³-hybridized carbons (Fsp3) is 0. The molecule has 7 heavy (non-hydrogen) atoms. The summed E-state index contributed by atoms with van der Waals surface area (Å²) in [5, 5.41) is 0. The molecule has 0 aromatic rings. The summed E-state index contributed by atoms with van der Waals surface area (Å²) in [6.07, 6.45) is 0. The maximum absolute atomic E-state index is 9.50. The minimum absolute atomic E-state index is 0. The predicted octanol–water partition coefficient (Wildman–Crippen LogP) is -2.27. The van der Waals surface area contributed by atoms with Crippen molar-refractivity contribution in [3.8, 4) is 0 Å². The minimum atomic E-state index is -4.09. The van der Waals surface area contributed by atoms with E-state index in [1.54, 1.807) is 0 Å². The summed E-state index contributed by atoms with van der Waals surface area (Å²) in [4.78, 5) is 15.5. The number of hydrogen-bond donors (Lipinski definition) is 2. The predicted molar refractivity (Wildman–Crippen MR) is 30.2 cm³/mol. The van der Waals surface area contributed by atoms with Gasteiger partial charge < -0.3 is 0 Å². The van der Waals surface area contributed by atoms with Crippen LogP contribution in [0.3, 0.4) is 0 Å². The number of rotatable bonds is 1. The molecule has 0 aliphatic heterocycles. The van der Waals surface area contributed by atoms with Crippen LogP contribution in [0.5, 0.6) is 0 Å². The zero-order valence-corrected chi connectivity index (χ0v) is 11.7. The Balaban J connectivity index is 0. The van der Waals surface area contributed by atoms with E-state index >= 15 is 0 Å². The van der Waals surface area contributed by atoms with Crippen molar-refractivity contribution in [2.24, 2.45) is 0 Å². The molecule has 0 aromatic carbocycles. The van der Waals surface area contributed by atoms with E-state index < -0.39 is 7.82 Å². The van der Waals surface area contributed by atoms with Crippen molar-refractivity contribution >= 4 is 55.2 Å². The van der Waals surface area contributed by atoms with Crippen LogP contribution in [0, 0.1) is 0 Å². The van der Waals surface area contributed by atoms with Gasteiger partial charge in [0.2, 0.25) is 0 Å². The Morgan fingerprint density at radius 3 is 1.71 bits per heavy atom. The third-order valence-corrected chi connectivity index (χ3v) is 2.76. The first kappa shape index (κ1) is 11.5. The van der Waals surface area contributed by atoms with Crippen LogP contribution in [-0.4, -0.2) is 57.1 Å². The average Bonchev–Trinajstić information content (AvgIpc) is 1.35. The Kier molecular flexibility index (Phi) is 7.55. The molecule has 0 spiro atoms. The summed E-state index contributed by atoms with van der Waals surface area (Å²) in [6.45, 7) is 0. The molecule has 2 N–H and O–H groups in total. The molecule has 7 heteroatoms. The molecule has 0 atom stereocenters.